The Bertz CT molecular complexity index is 468. The Morgan fingerprint density at radius 2 is 2.25 bits per heavy atom. The molecule has 0 bridgehead atoms. The van der Waals surface area contributed by atoms with Crippen molar-refractivity contribution in [3.8, 4) is 0 Å². The van der Waals surface area contributed by atoms with Gasteiger partial charge in [-0.2, -0.15) is 5.10 Å². The van der Waals surface area contributed by atoms with Gasteiger partial charge in [0.1, 0.15) is 6.33 Å². The van der Waals surface area contributed by atoms with Gasteiger partial charge in [-0.05, 0) is 27.6 Å². The third-order valence-electron chi connectivity index (χ3n) is 2.02. The number of hydrogen-bond donors (Lipinski definition) is 1. The highest BCUT2D eigenvalue weighted by Crippen LogP contribution is 2.09. The fourth-order valence-electron chi connectivity index (χ4n) is 1.34. The van der Waals surface area contributed by atoms with E-state index in [2.05, 4.69) is 36.3 Å². The molecule has 0 saturated carbocycles. The molecule has 0 aromatic carbocycles. The second-order valence-electron chi connectivity index (χ2n) is 3.45. The van der Waals surface area contributed by atoms with E-state index in [1.165, 1.54) is 0 Å². The van der Waals surface area contributed by atoms with E-state index in [-0.39, 0.29) is 0 Å². The minimum Gasteiger partial charge on any atom is -0.306 e. The summed E-state index contributed by atoms with van der Waals surface area (Å²) in [6, 6.07) is 2.03. The minimum atomic E-state index is 0.660. The first kappa shape index (κ1) is 11.2. The fourth-order valence-corrected chi connectivity index (χ4v) is 1.75. The van der Waals surface area contributed by atoms with Crippen LogP contribution in [0.5, 0.6) is 0 Å². The summed E-state index contributed by atoms with van der Waals surface area (Å²) < 4.78 is 2.68. The Hall–Kier alpha value is -1.27. The van der Waals surface area contributed by atoms with Gasteiger partial charge < -0.3 is 5.32 Å². The minimum absolute atomic E-state index is 0.660. The third kappa shape index (κ3) is 3.11. The molecule has 16 heavy (non-hydrogen) atoms. The standard InChI is InChI=1S/C10H12BrN5/c1-16-7-14-10(15-16)6-13-4-8-2-9(11)5-12-3-8/h2-3,5,7,13H,4,6H2,1H3. The molecule has 1 N–H and O–H groups in total. The smallest absolute Gasteiger partial charge is 0.164 e. The van der Waals surface area contributed by atoms with Gasteiger partial charge in [0.2, 0.25) is 0 Å². The third-order valence-corrected chi connectivity index (χ3v) is 2.45. The van der Waals surface area contributed by atoms with E-state index in [0.29, 0.717) is 6.54 Å². The first-order valence-electron chi connectivity index (χ1n) is 4.89. The largest absolute Gasteiger partial charge is 0.306 e. The lowest BCUT2D eigenvalue weighted by Crippen LogP contribution is -2.14. The number of pyridine rings is 1. The summed E-state index contributed by atoms with van der Waals surface area (Å²) in [5.74, 6) is 0.797. The van der Waals surface area contributed by atoms with E-state index in [1.54, 1.807) is 17.2 Å². The summed E-state index contributed by atoms with van der Waals surface area (Å²) >= 11 is 3.38. The van der Waals surface area contributed by atoms with Crippen molar-refractivity contribution < 1.29 is 0 Å². The van der Waals surface area contributed by atoms with Gasteiger partial charge in [-0.1, -0.05) is 0 Å². The molecule has 2 rings (SSSR count). The Labute approximate surface area is 102 Å². The molecular weight excluding hydrogens is 270 g/mol. The van der Waals surface area contributed by atoms with Gasteiger partial charge in [0.05, 0.1) is 6.54 Å². The molecule has 0 aliphatic carbocycles. The number of rotatable bonds is 4. The second-order valence-corrected chi connectivity index (χ2v) is 4.37. The first-order chi connectivity index (χ1) is 7.74. The van der Waals surface area contributed by atoms with Crippen molar-refractivity contribution in [2.24, 2.45) is 7.05 Å². The van der Waals surface area contributed by atoms with Crippen LogP contribution in [0.2, 0.25) is 0 Å². The number of aromatic nitrogens is 4. The van der Waals surface area contributed by atoms with Gasteiger partial charge in [-0.25, -0.2) is 4.98 Å². The van der Waals surface area contributed by atoms with E-state index < -0.39 is 0 Å². The maximum absolute atomic E-state index is 4.18. The molecule has 0 saturated heterocycles. The molecule has 84 valence electrons. The molecule has 5 nitrogen and oxygen atoms in total. The molecule has 0 atom stereocenters. The van der Waals surface area contributed by atoms with Crippen LogP contribution in [-0.4, -0.2) is 19.7 Å². The molecular formula is C10H12BrN5. The predicted molar refractivity (Wildman–Crippen MR) is 63.5 cm³/mol. The van der Waals surface area contributed by atoms with Crippen molar-refractivity contribution in [1.82, 2.24) is 25.1 Å². The Morgan fingerprint density at radius 1 is 1.38 bits per heavy atom. The van der Waals surface area contributed by atoms with Crippen LogP contribution in [0.15, 0.2) is 29.3 Å². The van der Waals surface area contributed by atoms with Crippen molar-refractivity contribution in [3.63, 3.8) is 0 Å². The van der Waals surface area contributed by atoms with Crippen LogP contribution in [0.3, 0.4) is 0 Å². The van der Waals surface area contributed by atoms with Crippen LogP contribution in [0, 0.1) is 0 Å². The molecule has 2 aromatic rings. The zero-order chi connectivity index (χ0) is 11.4. The van der Waals surface area contributed by atoms with Crippen molar-refractivity contribution >= 4 is 15.9 Å². The van der Waals surface area contributed by atoms with Crippen LogP contribution >= 0.6 is 15.9 Å². The molecule has 0 aliphatic rings. The average molecular weight is 282 g/mol. The number of hydrogen-bond acceptors (Lipinski definition) is 4. The molecule has 2 heterocycles. The van der Waals surface area contributed by atoms with E-state index in [0.717, 1.165) is 22.4 Å². The van der Waals surface area contributed by atoms with E-state index in [9.17, 15) is 0 Å². The Balaban J connectivity index is 1.84. The molecule has 6 heteroatoms. The lowest BCUT2D eigenvalue weighted by atomic mass is 10.3. The van der Waals surface area contributed by atoms with E-state index in [4.69, 9.17) is 0 Å². The van der Waals surface area contributed by atoms with Crippen molar-refractivity contribution in [1.29, 1.82) is 0 Å². The molecule has 0 aliphatic heterocycles. The summed E-state index contributed by atoms with van der Waals surface area (Å²) in [6.45, 7) is 1.41. The molecule has 0 unspecified atom stereocenters. The second kappa shape index (κ2) is 5.18. The number of aryl methyl sites for hydroxylation is 1. The lowest BCUT2D eigenvalue weighted by Gasteiger charge is -2.02. The monoisotopic (exact) mass is 281 g/mol. The molecule has 0 fully saturated rings. The fraction of sp³-hybridized carbons (Fsp3) is 0.300. The Kier molecular flexibility index (Phi) is 3.63. The normalized spacial score (nSPS) is 10.6. The van der Waals surface area contributed by atoms with Gasteiger partial charge in [0, 0.05) is 30.5 Å². The highest BCUT2D eigenvalue weighted by molar-refractivity contribution is 9.10. The van der Waals surface area contributed by atoms with Crippen LogP contribution in [-0.2, 0) is 20.1 Å². The highest BCUT2D eigenvalue weighted by Gasteiger charge is 1.99. The quantitative estimate of drug-likeness (QED) is 0.917. The summed E-state index contributed by atoms with van der Waals surface area (Å²) in [6.07, 6.45) is 5.30. The van der Waals surface area contributed by atoms with Gasteiger partial charge >= 0.3 is 0 Å². The van der Waals surface area contributed by atoms with Gasteiger partial charge in [-0.3, -0.25) is 9.67 Å². The molecule has 0 radical (unpaired) electrons. The summed E-state index contributed by atoms with van der Waals surface area (Å²) in [5.41, 5.74) is 1.13. The highest BCUT2D eigenvalue weighted by atomic mass is 79.9. The summed E-state index contributed by atoms with van der Waals surface area (Å²) in [5, 5.41) is 7.44. The predicted octanol–water partition coefficient (Wildman–Crippen LogP) is 1.26. The van der Waals surface area contributed by atoms with Crippen LogP contribution in [0.1, 0.15) is 11.4 Å². The number of nitrogens with one attached hydrogen (secondary N) is 1. The zero-order valence-corrected chi connectivity index (χ0v) is 10.5. The zero-order valence-electron chi connectivity index (χ0n) is 8.89. The summed E-state index contributed by atoms with van der Waals surface area (Å²) in [4.78, 5) is 8.22. The maximum Gasteiger partial charge on any atom is 0.164 e. The van der Waals surface area contributed by atoms with Gasteiger partial charge in [0.15, 0.2) is 5.82 Å². The first-order valence-corrected chi connectivity index (χ1v) is 5.68. The van der Waals surface area contributed by atoms with Crippen LogP contribution < -0.4 is 5.32 Å². The topological polar surface area (TPSA) is 55.6 Å². The van der Waals surface area contributed by atoms with Crippen molar-refractivity contribution in [2.75, 3.05) is 0 Å². The number of nitrogens with zero attached hydrogens (tertiary/aromatic N) is 4. The SMILES string of the molecule is Cn1cnc(CNCc2cncc(Br)c2)n1. The Morgan fingerprint density at radius 3 is 2.94 bits per heavy atom. The molecule has 2 aromatic heterocycles. The van der Waals surface area contributed by atoms with E-state index in [1.807, 2.05) is 19.3 Å². The van der Waals surface area contributed by atoms with Gasteiger partial charge in [-0.15, -0.1) is 0 Å². The van der Waals surface area contributed by atoms with Gasteiger partial charge in [0.25, 0.3) is 0 Å². The van der Waals surface area contributed by atoms with Crippen LogP contribution in [0.4, 0.5) is 0 Å². The molecule has 0 amide bonds. The summed E-state index contributed by atoms with van der Waals surface area (Å²) in [7, 11) is 1.86. The average Bonchev–Trinajstić information content (AvgIpc) is 2.64. The van der Waals surface area contributed by atoms with Crippen molar-refractivity contribution in [2.45, 2.75) is 13.1 Å². The maximum atomic E-state index is 4.18. The van der Waals surface area contributed by atoms with Crippen molar-refractivity contribution in [3.05, 3.63) is 40.6 Å². The number of halogens is 1. The molecule has 0 spiro atoms. The van der Waals surface area contributed by atoms with E-state index >= 15 is 0 Å². The lowest BCUT2D eigenvalue weighted by molar-refractivity contribution is 0.648. The van der Waals surface area contributed by atoms with Crippen LogP contribution in [0.25, 0.3) is 0 Å².